The molecular formula is C15H29N3O3. The largest absolute Gasteiger partial charge is 0.377 e. The molecule has 0 saturated carbocycles. The topological polar surface area (TPSA) is 64.1 Å². The van der Waals surface area contributed by atoms with Gasteiger partial charge in [0.15, 0.2) is 5.96 Å². The second kappa shape index (κ2) is 9.97. The molecule has 2 saturated heterocycles. The van der Waals surface area contributed by atoms with E-state index in [9.17, 15) is 0 Å². The summed E-state index contributed by atoms with van der Waals surface area (Å²) in [5.41, 5.74) is 0. The van der Waals surface area contributed by atoms with Crippen LogP contribution < -0.4 is 10.6 Å². The highest BCUT2D eigenvalue weighted by Crippen LogP contribution is 2.12. The summed E-state index contributed by atoms with van der Waals surface area (Å²) in [6, 6.07) is 0. The van der Waals surface area contributed by atoms with Crippen molar-refractivity contribution in [1.82, 2.24) is 10.6 Å². The van der Waals surface area contributed by atoms with Crippen LogP contribution in [0.2, 0.25) is 0 Å². The third-order valence-electron chi connectivity index (χ3n) is 3.69. The Bertz CT molecular complexity index is 301. The van der Waals surface area contributed by atoms with Gasteiger partial charge in [0.05, 0.1) is 32.0 Å². The van der Waals surface area contributed by atoms with Crippen molar-refractivity contribution in [2.75, 3.05) is 46.1 Å². The summed E-state index contributed by atoms with van der Waals surface area (Å²) < 4.78 is 16.7. The monoisotopic (exact) mass is 299 g/mol. The number of nitrogens with zero attached hydrogens (tertiary/aromatic N) is 1. The maximum Gasteiger partial charge on any atom is 0.191 e. The van der Waals surface area contributed by atoms with Gasteiger partial charge in [0, 0.05) is 26.3 Å². The Kier molecular flexibility index (Phi) is 7.85. The van der Waals surface area contributed by atoms with Crippen LogP contribution in [0.3, 0.4) is 0 Å². The number of hydrogen-bond donors (Lipinski definition) is 2. The lowest BCUT2D eigenvalue weighted by Crippen LogP contribution is -2.39. The van der Waals surface area contributed by atoms with Crippen LogP contribution in [0.4, 0.5) is 0 Å². The van der Waals surface area contributed by atoms with Gasteiger partial charge < -0.3 is 24.8 Å². The molecule has 21 heavy (non-hydrogen) atoms. The fourth-order valence-corrected chi connectivity index (χ4v) is 2.56. The summed E-state index contributed by atoms with van der Waals surface area (Å²) in [7, 11) is 0. The van der Waals surface area contributed by atoms with Gasteiger partial charge in [0.1, 0.15) is 0 Å². The van der Waals surface area contributed by atoms with Gasteiger partial charge in [0.2, 0.25) is 0 Å². The van der Waals surface area contributed by atoms with Gasteiger partial charge in [-0.05, 0) is 32.6 Å². The van der Waals surface area contributed by atoms with E-state index in [1.807, 2.05) is 0 Å². The number of aliphatic imine (C=N–C) groups is 1. The van der Waals surface area contributed by atoms with Crippen LogP contribution in [0.15, 0.2) is 4.99 Å². The van der Waals surface area contributed by atoms with Crippen molar-refractivity contribution in [3.05, 3.63) is 0 Å². The quantitative estimate of drug-likeness (QED) is 0.396. The lowest BCUT2D eigenvalue weighted by atomic mass is 10.2. The number of guanidine groups is 1. The lowest BCUT2D eigenvalue weighted by molar-refractivity contribution is 0.0191. The van der Waals surface area contributed by atoms with Crippen molar-refractivity contribution in [2.45, 2.75) is 44.8 Å². The van der Waals surface area contributed by atoms with Gasteiger partial charge in [-0.25, -0.2) is 0 Å². The van der Waals surface area contributed by atoms with Crippen LogP contribution in [-0.4, -0.2) is 64.2 Å². The van der Waals surface area contributed by atoms with E-state index in [0.29, 0.717) is 19.3 Å². The zero-order valence-corrected chi connectivity index (χ0v) is 13.1. The van der Waals surface area contributed by atoms with Crippen molar-refractivity contribution in [3.63, 3.8) is 0 Å². The molecule has 0 bridgehead atoms. The van der Waals surface area contributed by atoms with Gasteiger partial charge in [-0.2, -0.15) is 0 Å². The predicted octanol–water partition coefficient (Wildman–Crippen LogP) is 0.916. The summed E-state index contributed by atoms with van der Waals surface area (Å²) in [4.78, 5) is 4.56. The van der Waals surface area contributed by atoms with E-state index in [0.717, 1.165) is 64.5 Å². The molecule has 6 heteroatoms. The minimum absolute atomic E-state index is 0.288. The zero-order chi connectivity index (χ0) is 14.8. The Morgan fingerprint density at radius 2 is 1.90 bits per heavy atom. The Balaban J connectivity index is 1.56. The van der Waals surface area contributed by atoms with Crippen molar-refractivity contribution < 1.29 is 14.2 Å². The number of ether oxygens (including phenoxy) is 3. The Labute approximate surface area is 127 Å². The maximum absolute atomic E-state index is 5.63. The van der Waals surface area contributed by atoms with Gasteiger partial charge in [-0.15, -0.1) is 0 Å². The molecule has 2 unspecified atom stereocenters. The summed E-state index contributed by atoms with van der Waals surface area (Å²) in [6.07, 6.45) is 5.14. The first kappa shape index (κ1) is 16.5. The summed E-state index contributed by atoms with van der Waals surface area (Å²) >= 11 is 0. The fourth-order valence-electron chi connectivity index (χ4n) is 2.56. The molecule has 2 aliphatic heterocycles. The molecule has 122 valence electrons. The van der Waals surface area contributed by atoms with E-state index < -0.39 is 0 Å². The van der Waals surface area contributed by atoms with Crippen molar-refractivity contribution in [2.24, 2.45) is 4.99 Å². The van der Waals surface area contributed by atoms with Crippen LogP contribution in [0.1, 0.15) is 32.6 Å². The van der Waals surface area contributed by atoms with Gasteiger partial charge in [0.25, 0.3) is 0 Å². The molecular weight excluding hydrogens is 270 g/mol. The SMILES string of the molecule is CCNC(=NCC1CCCO1)NCCOCC1CCCO1. The van der Waals surface area contributed by atoms with Crippen molar-refractivity contribution in [3.8, 4) is 0 Å². The maximum atomic E-state index is 5.63. The first-order valence-electron chi connectivity index (χ1n) is 8.21. The highest BCUT2D eigenvalue weighted by Gasteiger charge is 2.16. The van der Waals surface area contributed by atoms with Gasteiger partial charge >= 0.3 is 0 Å². The minimum Gasteiger partial charge on any atom is -0.377 e. The van der Waals surface area contributed by atoms with E-state index in [-0.39, 0.29) is 6.10 Å². The summed E-state index contributed by atoms with van der Waals surface area (Å²) in [6.45, 7) is 7.53. The predicted molar refractivity (Wildman–Crippen MR) is 82.7 cm³/mol. The molecule has 2 aliphatic rings. The highest BCUT2D eigenvalue weighted by atomic mass is 16.5. The van der Waals surface area contributed by atoms with Crippen LogP contribution in [0.5, 0.6) is 0 Å². The smallest absolute Gasteiger partial charge is 0.191 e. The Morgan fingerprint density at radius 1 is 1.14 bits per heavy atom. The molecule has 0 spiro atoms. The zero-order valence-electron chi connectivity index (χ0n) is 13.1. The average Bonchev–Trinajstić information content (AvgIpc) is 3.17. The highest BCUT2D eigenvalue weighted by molar-refractivity contribution is 5.79. The van der Waals surface area contributed by atoms with Crippen molar-refractivity contribution >= 4 is 5.96 Å². The molecule has 6 nitrogen and oxygen atoms in total. The van der Waals surface area contributed by atoms with Crippen LogP contribution in [0, 0.1) is 0 Å². The van der Waals surface area contributed by atoms with Crippen LogP contribution in [0.25, 0.3) is 0 Å². The molecule has 0 aliphatic carbocycles. The molecule has 0 aromatic rings. The number of rotatable bonds is 8. The average molecular weight is 299 g/mol. The number of hydrogen-bond acceptors (Lipinski definition) is 4. The normalized spacial score (nSPS) is 26.2. The molecule has 2 fully saturated rings. The molecule has 2 rings (SSSR count). The Hall–Kier alpha value is -0.850. The third-order valence-corrected chi connectivity index (χ3v) is 3.69. The lowest BCUT2D eigenvalue weighted by Gasteiger charge is -2.14. The van der Waals surface area contributed by atoms with Gasteiger partial charge in [-0.1, -0.05) is 0 Å². The van der Waals surface area contributed by atoms with Crippen LogP contribution >= 0.6 is 0 Å². The molecule has 2 atom stereocenters. The van der Waals surface area contributed by atoms with E-state index in [1.54, 1.807) is 0 Å². The first-order chi connectivity index (χ1) is 10.4. The fraction of sp³-hybridized carbons (Fsp3) is 0.933. The minimum atomic E-state index is 0.288. The number of nitrogens with one attached hydrogen (secondary N) is 2. The first-order valence-corrected chi connectivity index (χ1v) is 8.21. The molecule has 0 amide bonds. The van der Waals surface area contributed by atoms with Gasteiger partial charge in [-0.3, -0.25) is 4.99 Å². The molecule has 0 aromatic heterocycles. The van der Waals surface area contributed by atoms with Crippen LogP contribution in [-0.2, 0) is 14.2 Å². The summed E-state index contributed by atoms with van der Waals surface area (Å²) in [5, 5.41) is 6.53. The van der Waals surface area contributed by atoms with E-state index in [1.165, 1.54) is 0 Å². The molecule has 0 radical (unpaired) electrons. The molecule has 2 heterocycles. The summed E-state index contributed by atoms with van der Waals surface area (Å²) in [5.74, 6) is 0.841. The van der Waals surface area contributed by atoms with Crippen molar-refractivity contribution in [1.29, 1.82) is 0 Å². The second-order valence-electron chi connectivity index (χ2n) is 5.49. The Morgan fingerprint density at radius 3 is 2.57 bits per heavy atom. The van der Waals surface area contributed by atoms with E-state index >= 15 is 0 Å². The molecule has 2 N–H and O–H groups in total. The standard InChI is InChI=1S/C15H29N3O3/c1-2-16-15(18-11-13-5-3-8-20-13)17-7-10-19-12-14-6-4-9-21-14/h13-14H,2-12H2,1H3,(H2,16,17,18). The molecule has 0 aromatic carbocycles. The third kappa shape index (κ3) is 6.63. The van der Waals surface area contributed by atoms with E-state index in [2.05, 4.69) is 22.5 Å². The second-order valence-corrected chi connectivity index (χ2v) is 5.49. The van der Waals surface area contributed by atoms with E-state index in [4.69, 9.17) is 14.2 Å².